The standard InChI is InChI=1S/C31H28O9/c1-29(2,3)27(35)37-17-8-11-20-23(14-17)39-24-15-18(38-28(36)30(4,5)6)9-12-21(24)31(20)22-13-16(25(32)33)7-10-19(22)26(34)40-31/h7-15H,1-6H3,(H,32,33). The second kappa shape index (κ2) is 8.94. The van der Waals surface area contributed by atoms with Gasteiger partial charge in [0.2, 0.25) is 0 Å². The highest BCUT2D eigenvalue weighted by atomic mass is 16.6. The van der Waals surface area contributed by atoms with Gasteiger partial charge in [-0.1, -0.05) is 0 Å². The zero-order valence-electron chi connectivity index (χ0n) is 22.9. The quantitative estimate of drug-likeness (QED) is 0.319. The molecule has 5 rings (SSSR count). The molecule has 2 aliphatic heterocycles. The highest BCUT2D eigenvalue weighted by Gasteiger charge is 2.54. The van der Waals surface area contributed by atoms with Crippen molar-refractivity contribution in [2.75, 3.05) is 0 Å². The first kappa shape index (κ1) is 26.9. The fourth-order valence-corrected chi connectivity index (χ4v) is 4.46. The second-order valence-corrected chi connectivity index (χ2v) is 11.8. The number of ether oxygens (including phenoxy) is 4. The van der Waals surface area contributed by atoms with E-state index in [2.05, 4.69) is 0 Å². The Morgan fingerprint density at radius 1 is 0.725 bits per heavy atom. The number of hydrogen-bond donors (Lipinski definition) is 1. The zero-order chi connectivity index (χ0) is 29.2. The predicted octanol–water partition coefficient (Wildman–Crippen LogP) is 5.86. The first-order valence-electron chi connectivity index (χ1n) is 12.6. The summed E-state index contributed by atoms with van der Waals surface area (Å²) in [6, 6.07) is 13.5. The highest BCUT2D eigenvalue weighted by molar-refractivity contribution is 5.99. The SMILES string of the molecule is CC(C)(C)C(=O)Oc1ccc2c(c1)Oc1cc(OC(=O)C(C)(C)C)ccc1C21OC(=O)c2ccc(C(=O)O)cc21. The molecule has 0 aromatic heterocycles. The van der Waals surface area contributed by atoms with E-state index in [-0.39, 0.29) is 34.1 Å². The molecule has 0 bridgehead atoms. The lowest BCUT2D eigenvalue weighted by Gasteiger charge is -2.36. The van der Waals surface area contributed by atoms with Crippen molar-refractivity contribution in [3.05, 3.63) is 82.4 Å². The third-order valence-corrected chi connectivity index (χ3v) is 6.64. The Balaban J connectivity index is 1.71. The number of esters is 3. The summed E-state index contributed by atoms with van der Waals surface area (Å²) in [6.07, 6.45) is 0. The normalized spacial score (nSPS) is 14.8. The number of rotatable bonds is 3. The summed E-state index contributed by atoms with van der Waals surface area (Å²) >= 11 is 0. The zero-order valence-corrected chi connectivity index (χ0v) is 22.9. The van der Waals surface area contributed by atoms with Crippen molar-refractivity contribution in [3.63, 3.8) is 0 Å². The van der Waals surface area contributed by atoms with Crippen LogP contribution in [0.15, 0.2) is 54.6 Å². The Hall–Kier alpha value is -4.66. The number of carbonyl (C=O) groups excluding carboxylic acids is 3. The Morgan fingerprint density at radius 3 is 1.68 bits per heavy atom. The summed E-state index contributed by atoms with van der Waals surface area (Å²) in [5, 5.41) is 9.68. The Labute approximate surface area is 230 Å². The highest BCUT2D eigenvalue weighted by Crippen LogP contribution is 2.57. The molecule has 0 amide bonds. The van der Waals surface area contributed by atoms with Gasteiger partial charge in [-0.25, -0.2) is 9.59 Å². The molecule has 0 saturated carbocycles. The molecule has 2 aliphatic rings. The lowest BCUT2D eigenvalue weighted by Crippen LogP contribution is -2.33. The number of hydrogen-bond acceptors (Lipinski definition) is 8. The van der Waals surface area contributed by atoms with E-state index in [1.807, 2.05) is 0 Å². The van der Waals surface area contributed by atoms with Gasteiger partial charge in [-0.2, -0.15) is 0 Å². The molecule has 0 atom stereocenters. The van der Waals surface area contributed by atoms with Gasteiger partial charge in [0.05, 0.1) is 22.0 Å². The molecule has 206 valence electrons. The second-order valence-electron chi connectivity index (χ2n) is 11.8. The minimum absolute atomic E-state index is 0.0301. The molecule has 0 saturated heterocycles. The van der Waals surface area contributed by atoms with E-state index in [0.717, 1.165) is 0 Å². The van der Waals surface area contributed by atoms with Crippen molar-refractivity contribution in [1.82, 2.24) is 0 Å². The summed E-state index contributed by atoms with van der Waals surface area (Å²) in [5.41, 5.74) is -1.78. The summed E-state index contributed by atoms with van der Waals surface area (Å²) in [7, 11) is 0. The molecule has 3 aromatic carbocycles. The Morgan fingerprint density at radius 2 is 1.23 bits per heavy atom. The van der Waals surface area contributed by atoms with Crippen molar-refractivity contribution in [3.8, 4) is 23.0 Å². The third-order valence-electron chi connectivity index (χ3n) is 6.64. The van der Waals surface area contributed by atoms with Crippen LogP contribution in [-0.4, -0.2) is 29.0 Å². The predicted molar refractivity (Wildman–Crippen MR) is 142 cm³/mol. The smallest absolute Gasteiger partial charge is 0.340 e. The van der Waals surface area contributed by atoms with Gasteiger partial charge in [-0.05, 0) is 84.0 Å². The molecule has 0 radical (unpaired) electrons. The van der Waals surface area contributed by atoms with E-state index in [4.69, 9.17) is 18.9 Å². The van der Waals surface area contributed by atoms with Gasteiger partial charge in [0.25, 0.3) is 0 Å². The molecule has 1 N–H and O–H groups in total. The van der Waals surface area contributed by atoms with Crippen molar-refractivity contribution in [2.45, 2.75) is 47.1 Å². The van der Waals surface area contributed by atoms with Crippen LogP contribution in [-0.2, 0) is 19.9 Å². The van der Waals surface area contributed by atoms with Gasteiger partial charge in [0.15, 0.2) is 5.60 Å². The lowest BCUT2D eigenvalue weighted by molar-refractivity contribution is -0.143. The monoisotopic (exact) mass is 544 g/mol. The molecule has 40 heavy (non-hydrogen) atoms. The van der Waals surface area contributed by atoms with E-state index in [1.165, 1.54) is 30.3 Å². The fraction of sp³-hybridized carbons (Fsp3) is 0.290. The van der Waals surface area contributed by atoms with Crippen LogP contribution in [0.4, 0.5) is 0 Å². The van der Waals surface area contributed by atoms with Gasteiger partial charge in [0.1, 0.15) is 23.0 Å². The van der Waals surface area contributed by atoms with Crippen LogP contribution in [0.25, 0.3) is 0 Å². The average molecular weight is 545 g/mol. The molecule has 1 spiro atoms. The Kier molecular flexibility index (Phi) is 6.02. The van der Waals surface area contributed by atoms with Gasteiger partial charge in [0, 0.05) is 28.8 Å². The van der Waals surface area contributed by atoms with Crippen LogP contribution in [0.1, 0.15) is 78.9 Å². The van der Waals surface area contributed by atoms with Gasteiger partial charge < -0.3 is 24.1 Å². The van der Waals surface area contributed by atoms with E-state index < -0.39 is 40.3 Å². The molecule has 9 heteroatoms. The first-order valence-corrected chi connectivity index (χ1v) is 12.6. The van der Waals surface area contributed by atoms with E-state index in [1.54, 1.807) is 65.8 Å². The first-order chi connectivity index (χ1) is 18.6. The van der Waals surface area contributed by atoms with E-state index in [9.17, 15) is 24.3 Å². The fourth-order valence-electron chi connectivity index (χ4n) is 4.46. The maximum atomic E-state index is 13.1. The number of aromatic carboxylic acids is 1. The number of carbonyl (C=O) groups is 4. The molecule has 9 nitrogen and oxygen atoms in total. The number of carboxylic acid groups (broad SMARTS) is 1. The van der Waals surface area contributed by atoms with E-state index >= 15 is 0 Å². The maximum absolute atomic E-state index is 13.1. The number of carboxylic acids is 1. The van der Waals surface area contributed by atoms with Crippen molar-refractivity contribution >= 4 is 23.9 Å². The van der Waals surface area contributed by atoms with Crippen LogP contribution in [0, 0.1) is 10.8 Å². The van der Waals surface area contributed by atoms with Crippen LogP contribution < -0.4 is 14.2 Å². The topological polar surface area (TPSA) is 125 Å². The molecular weight excluding hydrogens is 516 g/mol. The Bertz CT molecular complexity index is 1520. The summed E-state index contributed by atoms with van der Waals surface area (Å²) in [5.74, 6) is -1.89. The summed E-state index contributed by atoms with van der Waals surface area (Å²) in [6.45, 7) is 10.4. The molecular formula is C31H28O9. The number of benzene rings is 3. The maximum Gasteiger partial charge on any atom is 0.340 e. The van der Waals surface area contributed by atoms with Crippen LogP contribution in [0.5, 0.6) is 23.0 Å². The third kappa shape index (κ3) is 4.37. The molecule has 0 aliphatic carbocycles. The van der Waals surface area contributed by atoms with Gasteiger partial charge in [-0.3, -0.25) is 9.59 Å². The molecule has 3 aromatic rings. The minimum atomic E-state index is -1.57. The molecule has 0 fully saturated rings. The summed E-state index contributed by atoms with van der Waals surface area (Å²) in [4.78, 5) is 50.1. The van der Waals surface area contributed by atoms with Gasteiger partial charge in [-0.15, -0.1) is 0 Å². The molecule has 0 unspecified atom stereocenters. The molecule has 2 heterocycles. The van der Waals surface area contributed by atoms with Crippen LogP contribution in [0.3, 0.4) is 0 Å². The van der Waals surface area contributed by atoms with Crippen LogP contribution in [0.2, 0.25) is 0 Å². The average Bonchev–Trinajstić information content (AvgIpc) is 3.14. The van der Waals surface area contributed by atoms with Gasteiger partial charge >= 0.3 is 23.9 Å². The van der Waals surface area contributed by atoms with Crippen molar-refractivity contribution < 1.29 is 43.2 Å². The minimum Gasteiger partial charge on any atom is -0.478 e. The largest absolute Gasteiger partial charge is 0.478 e. The van der Waals surface area contributed by atoms with Crippen molar-refractivity contribution in [1.29, 1.82) is 0 Å². The van der Waals surface area contributed by atoms with E-state index in [0.29, 0.717) is 16.7 Å². The summed E-state index contributed by atoms with van der Waals surface area (Å²) < 4.78 is 23.4. The van der Waals surface area contributed by atoms with Crippen molar-refractivity contribution in [2.24, 2.45) is 10.8 Å². The van der Waals surface area contributed by atoms with Crippen LogP contribution >= 0.6 is 0 Å². The lowest BCUT2D eigenvalue weighted by atomic mass is 9.77. The number of fused-ring (bicyclic) bond motifs is 6.